The van der Waals surface area contributed by atoms with E-state index >= 15 is 0 Å². The molecule has 10 nitrogen and oxygen atoms in total. The molecule has 0 bridgehead atoms. The molecule has 1 N–H and O–H groups in total. The number of nitrogens with zero attached hydrogens (tertiary/aromatic N) is 5. The summed E-state index contributed by atoms with van der Waals surface area (Å²) in [6, 6.07) is 18.0. The molecule has 2 aliphatic rings. The third-order valence-electron chi connectivity index (χ3n) is 5.93. The maximum atomic E-state index is 13.3. The summed E-state index contributed by atoms with van der Waals surface area (Å²) in [5.41, 5.74) is 2.71. The number of esters is 1. The van der Waals surface area contributed by atoms with E-state index in [9.17, 15) is 14.4 Å². The van der Waals surface area contributed by atoms with Crippen molar-refractivity contribution in [2.24, 2.45) is 7.05 Å². The molecule has 3 aromatic rings. The van der Waals surface area contributed by atoms with Gasteiger partial charge in [-0.1, -0.05) is 72.4 Å². The van der Waals surface area contributed by atoms with Crippen molar-refractivity contribution < 1.29 is 19.1 Å². The van der Waals surface area contributed by atoms with Crippen molar-refractivity contribution in [3.05, 3.63) is 83.1 Å². The van der Waals surface area contributed by atoms with E-state index in [-0.39, 0.29) is 35.9 Å². The second-order valence-electron chi connectivity index (χ2n) is 8.51. The van der Waals surface area contributed by atoms with Gasteiger partial charge >= 0.3 is 5.97 Å². The number of amides is 2. The van der Waals surface area contributed by atoms with Crippen LogP contribution in [0.15, 0.2) is 77.1 Å². The van der Waals surface area contributed by atoms with Gasteiger partial charge in [-0.25, -0.2) is 9.48 Å². The number of ether oxygens (including phenoxy) is 1. The Morgan fingerprint density at radius 2 is 1.81 bits per heavy atom. The Kier molecular flexibility index (Phi) is 7.56. The number of hydrogen-bond acceptors (Lipinski definition) is 9. The van der Waals surface area contributed by atoms with Crippen LogP contribution in [0.1, 0.15) is 11.1 Å². The molecule has 1 saturated heterocycles. The van der Waals surface area contributed by atoms with E-state index in [4.69, 9.17) is 4.74 Å². The minimum Gasteiger partial charge on any atom is -0.456 e. The second-order valence-corrected chi connectivity index (χ2v) is 10.6. The molecule has 1 fully saturated rings. The number of aryl methyl sites for hydroxylation is 1. The second kappa shape index (κ2) is 11.2. The average molecular weight is 537 g/mol. The van der Waals surface area contributed by atoms with E-state index in [1.54, 1.807) is 11.7 Å². The fourth-order valence-corrected chi connectivity index (χ4v) is 6.41. The maximum Gasteiger partial charge on any atom is 0.355 e. The summed E-state index contributed by atoms with van der Waals surface area (Å²) < 4.78 is 7.16. The van der Waals surface area contributed by atoms with Crippen molar-refractivity contribution in [1.29, 1.82) is 0 Å². The first kappa shape index (κ1) is 25.0. The molecule has 37 heavy (non-hydrogen) atoms. The minimum atomic E-state index is -0.699. The molecule has 5 rings (SSSR count). The highest BCUT2D eigenvalue weighted by molar-refractivity contribution is 8.01. The number of benzene rings is 2. The van der Waals surface area contributed by atoms with Crippen LogP contribution in [0.5, 0.6) is 0 Å². The lowest BCUT2D eigenvalue weighted by atomic mass is 10.0. The molecule has 2 aliphatic heterocycles. The van der Waals surface area contributed by atoms with E-state index in [0.29, 0.717) is 16.7 Å². The minimum absolute atomic E-state index is 0.0912. The summed E-state index contributed by atoms with van der Waals surface area (Å²) in [5, 5.41) is 14.5. The molecule has 190 valence electrons. The van der Waals surface area contributed by atoms with Gasteiger partial charge in [0, 0.05) is 18.6 Å². The van der Waals surface area contributed by atoms with Crippen LogP contribution in [-0.4, -0.2) is 65.8 Å². The summed E-state index contributed by atoms with van der Waals surface area (Å²) in [4.78, 5) is 40.6. The Morgan fingerprint density at radius 3 is 2.49 bits per heavy atom. The van der Waals surface area contributed by atoms with Gasteiger partial charge in [0.15, 0.2) is 0 Å². The van der Waals surface area contributed by atoms with E-state index in [0.717, 1.165) is 16.7 Å². The maximum absolute atomic E-state index is 13.3. The van der Waals surface area contributed by atoms with Crippen molar-refractivity contribution in [3.8, 4) is 0 Å². The highest BCUT2D eigenvalue weighted by Crippen LogP contribution is 2.42. The predicted octanol–water partition coefficient (Wildman–Crippen LogP) is 1.94. The standard InChI is InChI=1S/C25H24N6O4S2/c1-30-25(27-28-29-30)37-15-18-14-36-23-20(26-19(32)12-16-8-4-2-5-9-16)22(33)31(23)21(18)24(34)35-13-17-10-6-3-7-11-17/h2-11,20,23H,12-15H2,1H3,(H,26,32). The number of carbonyl (C=O) groups excluding carboxylic acids is 3. The molecule has 1 aromatic heterocycles. The number of fused-ring (bicyclic) bond motifs is 1. The molecule has 2 atom stereocenters. The highest BCUT2D eigenvalue weighted by atomic mass is 32.2. The van der Waals surface area contributed by atoms with Gasteiger partial charge in [-0.05, 0) is 27.1 Å². The fraction of sp³-hybridized carbons (Fsp3) is 0.280. The number of rotatable bonds is 9. The molecule has 0 saturated carbocycles. The van der Waals surface area contributed by atoms with Crippen LogP contribution in [-0.2, 0) is 39.2 Å². The number of hydrogen-bond donors (Lipinski definition) is 1. The zero-order valence-electron chi connectivity index (χ0n) is 19.9. The first-order valence-corrected chi connectivity index (χ1v) is 13.6. The van der Waals surface area contributed by atoms with Crippen LogP contribution >= 0.6 is 23.5 Å². The molecule has 2 unspecified atom stereocenters. The van der Waals surface area contributed by atoms with Crippen molar-refractivity contribution in [1.82, 2.24) is 30.4 Å². The van der Waals surface area contributed by atoms with Crippen molar-refractivity contribution >= 4 is 41.3 Å². The van der Waals surface area contributed by atoms with E-state index in [1.165, 1.54) is 28.4 Å². The summed E-state index contributed by atoms with van der Waals surface area (Å²) >= 11 is 2.89. The van der Waals surface area contributed by atoms with Crippen LogP contribution in [0.3, 0.4) is 0 Å². The first-order chi connectivity index (χ1) is 18.0. The third-order valence-corrected chi connectivity index (χ3v) is 8.37. The number of aromatic nitrogens is 4. The molecular formula is C25H24N6O4S2. The van der Waals surface area contributed by atoms with Gasteiger partial charge in [0.05, 0.1) is 6.42 Å². The van der Waals surface area contributed by atoms with Crippen molar-refractivity contribution in [2.75, 3.05) is 11.5 Å². The average Bonchev–Trinajstić information content (AvgIpc) is 3.34. The van der Waals surface area contributed by atoms with Crippen LogP contribution in [0, 0.1) is 0 Å². The van der Waals surface area contributed by atoms with Gasteiger partial charge in [0.25, 0.3) is 5.91 Å². The summed E-state index contributed by atoms with van der Waals surface area (Å²) in [5.74, 6) is -0.207. The monoisotopic (exact) mass is 536 g/mol. The summed E-state index contributed by atoms with van der Waals surface area (Å²) in [7, 11) is 1.74. The number of carbonyl (C=O) groups is 3. The number of β-lactam (4-membered cyclic amide) rings is 1. The lowest BCUT2D eigenvalue weighted by molar-refractivity contribution is -0.153. The van der Waals surface area contributed by atoms with Crippen LogP contribution in [0.2, 0.25) is 0 Å². The largest absolute Gasteiger partial charge is 0.456 e. The van der Waals surface area contributed by atoms with E-state index in [2.05, 4.69) is 20.8 Å². The molecule has 0 spiro atoms. The van der Waals surface area contributed by atoms with Crippen LogP contribution in [0.25, 0.3) is 0 Å². The molecule has 2 aromatic carbocycles. The first-order valence-electron chi connectivity index (χ1n) is 11.6. The smallest absolute Gasteiger partial charge is 0.355 e. The molecule has 3 heterocycles. The quantitative estimate of drug-likeness (QED) is 0.249. The topological polar surface area (TPSA) is 119 Å². The zero-order valence-corrected chi connectivity index (χ0v) is 21.6. The third kappa shape index (κ3) is 5.54. The Labute approximate surface area is 221 Å². The Balaban J connectivity index is 1.32. The number of tetrazole rings is 1. The predicted molar refractivity (Wildman–Crippen MR) is 138 cm³/mol. The molecule has 0 radical (unpaired) electrons. The lowest BCUT2D eigenvalue weighted by Crippen LogP contribution is -2.70. The fourth-order valence-electron chi connectivity index (χ4n) is 4.08. The SMILES string of the molecule is Cn1nnnc1SCC1=C(C(=O)OCc2ccccc2)N2C(=O)C(NC(=O)Cc3ccccc3)C2SC1. The van der Waals surface area contributed by atoms with Gasteiger partial charge < -0.3 is 10.1 Å². The van der Waals surface area contributed by atoms with Gasteiger partial charge in [0.1, 0.15) is 23.7 Å². The molecule has 0 aliphatic carbocycles. The highest BCUT2D eigenvalue weighted by Gasteiger charge is 2.54. The van der Waals surface area contributed by atoms with Crippen LogP contribution < -0.4 is 5.32 Å². The normalized spacial score (nSPS) is 18.7. The van der Waals surface area contributed by atoms with Gasteiger partial charge in [-0.15, -0.1) is 16.9 Å². The lowest BCUT2D eigenvalue weighted by Gasteiger charge is -2.49. The number of nitrogens with one attached hydrogen (secondary N) is 1. The summed E-state index contributed by atoms with van der Waals surface area (Å²) in [6.45, 7) is 0.0912. The van der Waals surface area contributed by atoms with Gasteiger partial charge in [0.2, 0.25) is 11.1 Å². The van der Waals surface area contributed by atoms with E-state index in [1.807, 2.05) is 60.7 Å². The number of thioether (sulfide) groups is 2. The molecule has 12 heteroatoms. The Morgan fingerprint density at radius 1 is 1.11 bits per heavy atom. The van der Waals surface area contributed by atoms with E-state index < -0.39 is 12.0 Å². The van der Waals surface area contributed by atoms with Gasteiger partial charge in [-0.2, -0.15) is 0 Å². The zero-order chi connectivity index (χ0) is 25.8. The van der Waals surface area contributed by atoms with Crippen molar-refractivity contribution in [3.63, 3.8) is 0 Å². The van der Waals surface area contributed by atoms with Crippen molar-refractivity contribution in [2.45, 2.75) is 29.6 Å². The Hall–Kier alpha value is -3.64. The van der Waals surface area contributed by atoms with Gasteiger partial charge in [-0.3, -0.25) is 14.5 Å². The summed E-state index contributed by atoms with van der Waals surface area (Å²) in [6.07, 6.45) is 0.178. The Bertz CT molecular complexity index is 1330. The van der Waals surface area contributed by atoms with Crippen LogP contribution in [0.4, 0.5) is 0 Å². The molecular weight excluding hydrogens is 512 g/mol. The molecule has 2 amide bonds.